The van der Waals surface area contributed by atoms with E-state index >= 15 is 0 Å². The predicted octanol–water partition coefficient (Wildman–Crippen LogP) is 2.56. The standard InChI is InChI=1S/C13H13F2N3O/c1-7-4-8(2-3-10(7)15)12-17-13(19-18-12)11-5-9(14)6-16-11/h2-4,9,11,16H,5-6H2,1H3/t9-,11+/m0/s1. The minimum Gasteiger partial charge on any atom is -0.337 e. The Labute approximate surface area is 108 Å². The molecule has 19 heavy (non-hydrogen) atoms. The van der Waals surface area contributed by atoms with E-state index < -0.39 is 6.17 Å². The fraction of sp³-hybridized carbons (Fsp3) is 0.385. The van der Waals surface area contributed by atoms with Crippen LogP contribution in [0.4, 0.5) is 8.78 Å². The summed E-state index contributed by atoms with van der Waals surface area (Å²) in [6, 6.07) is 4.38. The van der Waals surface area contributed by atoms with E-state index in [9.17, 15) is 8.78 Å². The maximum Gasteiger partial charge on any atom is 0.244 e. The molecular weight excluding hydrogens is 252 g/mol. The zero-order chi connectivity index (χ0) is 13.4. The van der Waals surface area contributed by atoms with Crippen molar-refractivity contribution in [3.63, 3.8) is 0 Å². The van der Waals surface area contributed by atoms with Crippen LogP contribution in [0.1, 0.15) is 23.9 Å². The number of hydrogen-bond acceptors (Lipinski definition) is 4. The van der Waals surface area contributed by atoms with Crippen LogP contribution in [-0.2, 0) is 0 Å². The minimum absolute atomic E-state index is 0.238. The third kappa shape index (κ3) is 2.35. The fourth-order valence-electron chi connectivity index (χ4n) is 2.16. The molecule has 1 saturated heterocycles. The van der Waals surface area contributed by atoms with Crippen molar-refractivity contribution in [2.75, 3.05) is 6.54 Å². The molecule has 0 radical (unpaired) electrons. The molecule has 1 aliphatic heterocycles. The van der Waals surface area contributed by atoms with Crippen LogP contribution in [0.3, 0.4) is 0 Å². The van der Waals surface area contributed by atoms with Gasteiger partial charge in [-0.05, 0) is 30.7 Å². The van der Waals surface area contributed by atoms with E-state index in [0.717, 1.165) is 0 Å². The van der Waals surface area contributed by atoms with Gasteiger partial charge in [-0.15, -0.1) is 0 Å². The zero-order valence-corrected chi connectivity index (χ0v) is 10.4. The second-order valence-electron chi connectivity index (χ2n) is 4.71. The van der Waals surface area contributed by atoms with Crippen molar-refractivity contribution in [1.82, 2.24) is 15.5 Å². The Hall–Kier alpha value is -1.82. The molecule has 1 N–H and O–H groups in total. The molecule has 1 aromatic heterocycles. The highest BCUT2D eigenvalue weighted by atomic mass is 19.1. The first kappa shape index (κ1) is 12.2. The monoisotopic (exact) mass is 265 g/mol. The maximum absolute atomic E-state index is 13.2. The van der Waals surface area contributed by atoms with Gasteiger partial charge in [0.25, 0.3) is 0 Å². The molecule has 0 saturated carbocycles. The summed E-state index contributed by atoms with van der Waals surface area (Å²) >= 11 is 0. The van der Waals surface area contributed by atoms with Crippen molar-refractivity contribution < 1.29 is 13.3 Å². The van der Waals surface area contributed by atoms with Gasteiger partial charge in [0, 0.05) is 18.5 Å². The molecule has 2 atom stereocenters. The molecule has 100 valence electrons. The van der Waals surface area contributed by atoms with Crippen LogP contribution >= 0.6 is 0 Å². The van der Waals surface area contributed by atoms with Gasteiger partial charge in [0.05, 0.1) is 6.04 Å². The number of halogens is 2. The number of benzene rings is 1. The molecular formula is C13H13F2N3O. The fourth-order valence-corrected chi connectivity index (χ4v) is 2.16. The molecule has 0 aliphatic carbocycles. The Morgan fingerprint density at radius 2 is 2.26 bits per heavy atom. The Kier molecular flexibility index (Phi) is 3.02. The Balaban J connectivity index is 1.86. The van der Waals surface area contributed by atoms with E-state index in [2.05, 4.69) is 15.5 Å². The second-order valence-corrected chi connectivity index (χ2v) is 4.71. The van der Waals surface area contributed by atoms with Crippen molar-refractivity contribution in [3.05, 3.63) is 35.5 Å². The number of alkyl halides is 1. The summed E-state index contributed by atoms with van der Waals surface area (Å²) < 4.78 is 31.4. The highest BCUT2D eigenvalue weighted by Gasteiger charge is 2.29. The van der Waals surface area contributed by atoms with E-state index in [4.69, 9.17) is 4.52 Å². The summed E-state index contributed by atoms with van der Waals surface area (Å²) in [5.74, 6) is 0.490. The molecule has 2 heterocycles. The zero-order valence-electron chi connectivity index (χ0n) is 10.4. The smallest absolute Gasteiger partial charge is 0.244 e. The number of aromatic nitrogens is 2. The molecule has 0 spiro atoms. The topological polar surface area (TPSA) is 51.0 Å². The molecule has 2 aromatic rings. The van der Waals surface area contributed by atoms with Crippen LogP contribution in [0.15, 0.2) is 22.7 Å². The van der Waals surface area contributed by atoms with Gasteiger partial charge >= 0.3 is 0 Å². The van der Waals surface area contributed by atoms with Crippen molar-refractivity contribution in [2.45, 2.75) is 25.6 Å². The lowest BCUT2D eigenvalue weighted by Gasteiger charge is -2.01. The van der Waals surface area contributed by atoms with Crippen LogP contribution in [-0.4, -0.2) is 22.9 Å². The van der Waals surface area contributed by atoms with Gasteiger partial charge < -0.3 is 9.84 Å². The van der Waals surface area contributed by atoms with E-state index in [1.165, 1.54) is 6.07 Å². The van der Waals surface area contributed by atoms with Crippen LogP contribution < -0.4 is 5.32 Å². The highest BCUT2D eigenvalue weighted by molar-refractivity contribution is 5.55. The van der Waals surface area contributed by atoms with Gasteiger partial charge in [0.15, 0.2) is 0 Å². The highest BCUT2D eigenvalue weighted by Crippen LogP contribution is 2.26. The molecule has 0 bridgehead atoms. The van der Waals surface area contributed by atoms with Crippen molar-refractivity contribution in [2.24, 2.45) is 0 Å². The van der Waals surface area contributed by atoms with Crippen molar-refractivity contribution in [1.29, 1.82) is 0 Å². The third-order valence-electron chi connectivity index (χ3n) is 3.23. The molecule has 3 rings (SSSR count). The quantitative estimate of drug-likeness (QED) is 0.906. The Morgan fingerprint density at radius 3 is 2.95 bits per heavy atom. The largest absolute Gasteiger partial charge is 0.337 e. The number of nitrogens with zero attached hydrogens (tertiary/aromatic N) is 2. The number of aryl methyl sites for hydroxylation is 1. The Bertz CT molecular complexity index is 599. The third-order valence-corrected chi connectivity index (χ3v) is 3.23. The van der Waals surface area contributed by atoms with Gasteiger partial charge in [-0.25, -0.2) is 8.78 Å². The first-order valence-corrected chi connectivity index (χ1v) is 6.11. The molecule has 1 fully saturated rings. The predicted molar refractivity (Wildman–Crippen MR) is 64.7 cm³/mol. The van der Waals surface area contributed by atoms with Crippen LogP contribution in [0.5, 0.6) is 0 Å². The molecule has 1 aliphatic rings. The lowest BCUT2D eigenvalue weighted by molar-refractivity contribution is 0.324. The molecule has 0 amide bonds. The molecule has 4 nitrogen and oxygen atoms in total. The van der Waals surface area contributed by atoms with Gasteiger partial charge in [-0.2, -0.15) is 4.98 Å². The van der Waals surface area contributed by atoms with E-state index in [0.29, 0.717) is 35.8 Å². The van der Waals surface area contributed by atoms with E-state index in [1.54, 1.807) is 19.1 Å². The summed E-state index contributed by atoms with van der Waals surface area (Å²) in [4.78, 5) is 4.24. The first-order chi connectivity index (χ1) is 9.13. The summed E-state index contributed by atoms with van der Waals surface area (Å²) in [5, 5.41) is 6.83. The normalized spacial score (nSPS) is 22.9. The van der Waals surface area contributed by atoms with Gasteiger partial charge in [-0.3, -0.25) is 0 Å². The number of rotatable bonds is 2. The van der Waals surface area contributed by atoms with Crippen LogP contribution in [0.2, 0.25) is 0 Å². The SMILES string of the molecule is Cc1cc(-c2noc([C@H]3C[C@H](F)CN3)n2)ccc1F. The summed E-state index contributed by atoms with van der Waals surface area (Å²) in [7, 11) is 0. The minimum atomic E-state index is -0.881. The van der Waals surface area contributed by atoms with E-state index in [1.807, 2.05) is 0 Å². The van der Waals surface area contributed by atoms with Crippen molar-refractivity contribution in [3.8, 4) is 11.4 Å². The van der Waals surface area contributed by atoms with Gasteiger partial charge in [0.1, 0.15) is 12.0 Å². The van der Waals surface area contributed by atoms with Crippen molar-refractivity contribution >= 4 is 0 Å². The molecule has 1 aromatic carbocycles. The van der Waals surface area contributed by atoms with Crippen LogP contribution in [0.25, 0.3) is 11.4 Å². The van der Waals surface area contributed by atoms with E-state index in [-0.39, 0.29) is 11.9 Å². The van der Waals surface area contributed by atoms with Crippen LogP contribution in [0, 0.1) is 12.7 Å². The van der Waals surface area contributed by atoms with Gasteiger partial charge in [0.2, 0.25) is 11.7 Å². The summed E-state index contributed by atoms with van der Waals surface area (Å²) in [6.45, 7) is 1.98. The lowest BCUT2D eigenvalue weighted by Crippen LogP contribution is -2.14. The summed E-state index contributed by atoms with van der Waals surface area (Å²) in [5.41, 5.74) is 1.20. The average Bonchev–Trinajstić information content (AvgIpc) is 3.01. The molecule has 0 unspecified atom stereocenters. The summed E-state index contributed by atoms with van der Waals surface area (Å²) in [6.07, 6.45) is -0.544. The molecule has 6 heteroatoms. The Morgan fingerprint density at radius 1 is 1.42 bits per heavy atom. The first-order valence-electron chi connectivity index (χ1n) is 6.11. The van der Waals surface area contributed by atoms with Gasteiger partial charge in [-0.1, -0.05) is 5.16 Å². The average molecular weight is 265 g/mol. The second kappa shape index (κ2) is 4.70. The number of nitrogens with one attached hydrogen (secondary N) is 1. The maximum atomic E-state index is 13.2. The lowest BCUT2D eigenvalue weighted by atomic mass is 10.1. The number of hydrogen-bond donors (Lipinski definition) is 1.